The van der Waals surface area contributed by atoms with Crippen LogP contribution in [-0.2, 0) is 10.3 Å². The average molecular weight is 262 g/mol. The topological polar surface area (TPSA) is 66.6 Å². The van der Waals surface area contributed by atoms with Gasteiger partial charge in [-0.1, -0.05) is 44.2 Å². The molecule has 1 aromatic carbocycles. The van der Waals surface area contributed by atoms with Crippen molar-refractivity contribution < 1.29 is 9.90 Å². The van der Waals surface area contributed by atoms with E-state index >= 15 is 0 Å². The van der Waals surface area contributed by atoms with Crippen molar-refractivity contribution in [2.24, 2.45) is 17.6 Å². The van der Waals surface area contributed by atoms with Crippen molar-refractivity contribution in [1.29, 1.82) is 0 Å². The number of likely N-dealkylation sites (tertiary alicyclic amines) is 1. The molecule has 0 amide bonds. The number of hydrogen-bond donors (Lipinski definition) is 2. The average Bonchev–Trinajstić information content (AvgIpc) is 2.69. The van der Waals surface area contributed by atoms with Crippen LogP contribution in [0.15, 0.2) is 30.3 Å². The highest BCUT2D eigenvalue weighted by Crippen LogP contribution is 2.27. The number of aliphatic carboxylic acids is 1. The summed E-state index contributed by atoms with van der Waals surface area (Å²) in [5, 5.41) is 9.53. The second kappa shape index (κ2) is 5.31. The second-order valence-electron chi connectivity index (χ2n) is 5.79. The number of nitrogens with zero attached hydrogens (tertiary/aromatic N) is 1. The summed E-state index contributed by atoms with van der Waals surface area (Å²) >= 11 is 0. The first kappa shape index (κ1) is 14.0. The van der Waals surface area contributed by atoms with E-state index in [9.17, 15) is 9.90 Å². The number of benzene rings is 1. The van der Waals surface area contributed by atoms with Gasteiger partial charge in [0.15, 0.2) is 5.54 Å². The van der Waals surface area contributed by atoms with Crippen LogP contribution in [-0.4, -0.2) is 35.6 Å². The predicted octanol–water partition coefficient (Wildman–Crippen LogP) is 1.51. The minimum Gasteiger partial charge on any atom is -0.480 e. The number of hydrogen-bond acceptors (Lipinski definition) is 3. The summed E-state index contributed by atoms with van der Waals surface area (Å²) in [5.41, 5.74) is 5.53. The molecule has 104 valence electrons. The van der Waals surface area contributed by atoms with E-state index in [-0.39, 0.29) is 0 Å². The Morgan fingerprint density at radius 1 is 1.32 bits per heavy atom. The third-order valence-corrected chi connectivity index (χ3v) is 4.21. The van der Waals surface area contributed by atoms with Crippen LogP contribution in [0.2, 0.25) is 0 Å². The maximum absolute atomic E-state index is 11.6. The lowest BCUT2D eigenvalue weighted by molar-refractivity contribution is -0.144. The van der Waals surface area contributed by atoms with Crippen LogP contribution in [0.25, 0.3) is 0 Å². The quantitative estimate of drug-likeness (QED) is 0.863. The monoisotopic (exact) mass is 262 g/mol. The Labute approximate surface area is 114 Å². The molecule has 1 fully saturated rings. The van der Waals surface area contributed by atoms with Crippen molar-refractivity contribution in [3.8, 4) is 0 Å². The SMILES string of the molecule is CC1CN(CC(N)(C(=O)O)c2ccccc2)CC1C. The zero-order chi connectivity index (χ0) is 14.0. The fraction of sp³-hybridized carbons (Fsp3) is 0.533. The lowest BCUT2D eigenvalue weighted by Crippen LogP contribution is -2.53. The van der Waals surface area contributed by atoms with E-state index in [1.54, 1.807) is 12.1 Å². The third kappa shape index (κ3) is 2.80. The highest BCUT2D eigenvalue weighted by Gasteiger charge is 2.40. The van der Waals surface area contributed by atoms with Crippen LogP contribution >= 0.6 is 0 Å². The first-order chi connectivity index (χ1) is 8.93. The van der Waals surface area contributed by atoms with Gasteiger partial charge in [-0.15, -0.1) is 0 Å². The molecule has 0 spiro atoms. The van der Waals surface area contributed by atoms with Gasteiger partial charge in [0.05, 0.1) is 0 Å². The molecule has 0 saturated carbocycles. The maximum atomic E-state index is 11.6. The first-order valence-corrected chi connectivity index (χ1v) is 6.73. The fourth-order valence-corrected chi connectivity index (χ4v) is 2.75. The summed E-state index contributed by atoms with van der Waals surface area (Å²) in [4.78, 5) is 13.8. The third-order valence-electron chi connectivity index (χ3n) is 4.21. The highest BCUT2D eigenvalue weighted by atomic mass is 16.4. The summed E-state index contributed by atoms with van der Waals surface area (Å²) in [6.45, 7) is 6.60. The first-order valence-electron chi connectivity index (χ1n) is 6.73. The Kier molecular flexibility index (Phi) is 3.92. The molecule has 0 radical (unpaired) electrons. The van der Waals surface area contributed by atoms with Crippen LogP contribution in [0.5, 0.6) is 0 Å². The minimum atomic E-state index is -1.33. The number of carboxylic acid groups (broad SMARTS) is 1. The molecule has 1 heterocycles. The van der Waals surface area contributed by atoms with Crippen molar-refractivity contribution in [3.05, 3.63) is 35.9 Å². The molecular formula is C15H22N2O2. The molecule has 19 heavy (non-hydrogen) atoms. The van der Waals surface area contributed by atoms with Gasteiger partial charge in [-0.3, -0.25) is 4.90 Å². The van der Waals surface area contributed by atoms with E-state index < -0.39 is 11.5 Å². The van der Waals surface area contributed by atoms with Gasteiger partial charge in [-0.25, -0.2) is 4.79 Å². The molecule has 4 nitrogen and oxygen atoms in total. The Morgan fingerprint density at radius 3 is 2.32 bits per heavy atom. The van der Waals surface area contributed by atoms with Gasteiger partial charge in [-0.2, -0.15) is 0 Å². The van der Waals surface area contributed by atoms with E-state index in [0.717, 1.165) is 13.1 Å². The molecule has 3 N–H and O–H groups in total. The van der Waals surface area contributed by atoms with Gasteiger partial charge in [0, 0.05) is 19.6 Å². The molecule has 1 aliphatic heterocycles. The smallest absolute Gasteiger partial charge is 0.329 e. The molecule has 1 saturated heterocycles. The van der Waals surface area contributed by atoms with E-state index in [1.807, 2.05) is 18.2 Å². The van der Waals surface area contributed by atoms with Gasteiger partial charge in [0.2, 0.25) is 0 Å². The lowest BCUT2D eigenvalue weighted by Gasteiger charge is -2.30. The van der Waals surface area contributed by atoms with Crippen LogP contribution < -0.4 is 5.73 Å². The van der Waals surface area contributed by atoms with Crippen LogP contribution in [0.1, 0.15) is 19.4 Å². The van der Waals surface area contributed by atoms with Crippen molar-refractivity contribution in [3.63, 3.8) is 0 Å². The van der Waals surface area contributed by atoms with Gasteiger partial charge in [0.1, 0.15) is 0 Å². The largest absolute Gasteiger partial charge is 0.480 e. The van der Waals surface area contributed by atoms with Crippen LogP contribution in [0, 0.1) is 11.8 Å². The van der Waals surface area contributed by atoms with E-state index in [2.05, 4.69) is 18.7 Å². The Bertz CT molecular complexity index is 439. The molecule has 2 rings (SSSR count). The van der Waals surface area contributed by atoms with Crippen molar-refractivity contribution >= 4 is 5.97 Å². The van der Waals surface area contributed by atoms with Crippen molar-refractivity contribution in [2.75, 3.05) is 19.6 Å². The van der Waals surface area contributed by atoms with Gasteiger partial charge in [0.25, 0.3) is 0 Å². The molecule has 1 aromatic rings. The van der Waals surface area contributed by atoms with Crippen molar-refractivity contribution in [1.82, 2.24) is 4.90 Å². The number of rotatable bonds is 4. The minimum absolute atomic E-state index is 0.362. The molecule has 4 heteroatoms. The fourth-order valence-electron chi connectivity index (χ4n) is 2.75. The van der Waals surface area contributed by atoms with Crippen LogP contribution in [0.4, 0.5) is 0 Å². The zero-order valence-electron chi connectivity index (χ0n) is 11.5. The molecular weight excluding hydrogens is 240 g/mol. The van der Waals surface area contributed by atoms with Gasteiger partial charge >= 0.3 is 5.97 Å². The lowest BCUT2D eigenvalue weighted by atomic mass is 9.90. The predicted molar refractivity (Wildman–Crippen MR) is 74.7 cm³/mol. The highest BCUT2D eigenvalue weighted by molar-refractivity contribution is 5.80. The molecule has 1 aliphatic rings. The summed E-state index contributed by atoms with van der Waals surface area (Å²) in [5.74, 6) is 0.216. The number of nitrogens with two attached hydrogens (primary N) is 1. The summed E-state index contributed by atoms with van der Waals surface area (Å²) < 4.78 is 0. The number of carboxylic acids is 1. The zero-order valence-corrected chi connectivity index (χ0v) is 11.5. The normalized spacial score (nSPS) is 27.1. The number of carbonyl (C=O) groups is 1. The Hall–Kier alpha value is -1.39. The van der Waals surface area contributed by atoms with Crippen molar-refractivity contribution in [2.45, 2.75) is 19.4 Å². The van der Waals surface area contributed by atoms with E-state index in [0.29, 0.717) is 23.9 Å². The molecule has 0 aliphatic carbocycles. The Morgan fingerprint density at radius 2 is 1.84 bits per heavy atom. The van der Waals surface area contributed by atoms with E-state index in [1.165, 1.54) is 0 Å². The van der Waals surface area contributed by atoms with E-state index in [4.69, 9.17) is 5.73 Å². The molecule has 0 aromatic heterocycles. The standard InChI is InChI=1S/C15H22N2O2/c1-11-8-17(9-12(11)2)10-15(16,14(18)19)13-6-4-3-5-7-13/h3-7,11-12H,8-10,16H2,1-2H3,(H,18,19). The summed E-state index contributed by atoms with van der Waals surface area (Å²) in [7, 11) is 0. The maximum Gasteiger partial charge on any atom is 0.329 e. The second-order valence-corrected chi connectivity index (χ2v) is 5.79. The molecule has 3 unspecified atom stereocenters. The summed E-state index contributed by atoms with van der Waals surface area (Å²) in [6.07, 6.45) is 0. The van der Waals surface area contributed by atoms with Gasteiger partial charge in [-0.05, 0) is 17.4 Å². The summed E-state index contributed by atoms with van der Waals surface area (Å²) in [6, 6.07) is 9.10. The Balaban J connectivity index is 2.20. The molecule has 0 bridgehead atoms. The van der Waals surface area contributed by atoms with Crippen LogP contribution in [0.3, 0.4) is 0 Å². The molecule has 3 atom stereocenters. The van der Waals surface area contributed by atoms with Gasteiger partial charge < -0.3 is 10.8 Å².